The van der Waals surface area contributed by atoms with E-state index in [1.165, 1.54) is 11.8 Å². The number of nitrogens with zero attached hydrogens (tertiary/aromatic N) is 2. The van der Waals surface area contributed by atoms with Crippen LogP contribution >= 0.6 is 11.8 Å². The van der Waals surface area contributed by atoms with Crippen molar-refractivity contribution in [3.63, 3.8) is 0 Å². The minimum absolute atomic E-state index is 0.150. The van der Waals surface area contributed by atoms with E-state index >= 15 is 0 Å². The summed E-state index contributed by atoms with van der Waals surface area (Å²) in [5.74, 6) is 1.55. The Labute approximate surface area is 161 Å². The van der Waals surface area contributed by atoms with Gasteiger partial charge in [-0.2, -0.15) is 0 Å². The summed E-state index contributed by atoms with van der Waals surface area (Å²) in [6.07, 6.45) is 0. The Morgan fingerprint density at radius 1 is 1.11 bits per heavy atom. The van der Waals surface area contributed by atoms with Crippen LogP contribution in [-0.2, 0) is 4.79 Å². The molecule has 0 atom stereocenters. The number of anilines is 1. The zero-order valence-electron chi connectivity index (χ0n) is 15.2. The van der Waals surface area contributed by atoms with Crippen LogP contribution in [0.25, 0.3) is 11.5 Å². The van der Waals surface area contributed by atoms with Crippen LogP contribution in [0.15, 0.2) is 52.1 Å². The number of benzene rings is 2. The van der Waals surface area contributed by atoms with E-state index in [4.69, 9.17) is 13.9 Å². The molecule has 7 nitrogen and oxygen atoms in total. The summed E-state index contributed by atoms with van der Waals surface area (Å²) in [6.45, 7) is 1.99. The molecule has 0 fully saturated rings. The van der Waals surface area contributed by atoms with Crippen molar-refractivity contribution in [2.45, 2.75) is 12.1 Å². The molecule has 140 valence electrons. The SMILES string of the molecule is COc1ccc(OC)c(-c2nnc(SCC(=O)Nc3ccc(C)cc3)o2)c1. The largest absolute Gasteiger partial charge is 0.497 e. The molecule has 3 rings (SSSR count). The van der Waals surface area contributed by atoms with E-state index < -0.39 is 0 Å². The van der Waals surface area contributed by atoms with Crippen molar-refractivity contribution < 1.29 is 18.7 Å². The van der Waals surface area contributed by atoms with Crippen molar-refractivity contribution in [3.05, 3.63) is 48.0 Å². The summed E-state index contributed by atoms with van der Waals surface area (Å²) in [7, 11) is 3.14. The normalized spacial score (nSPS) is 10.5. The molecule has 8 heteroatoms. The average molecular weight is 385 g/mol. The highest BCUT2D eigenvalue weighted by molar-refractivity contribution is 7.99. The van der Waals surface area contributed by atoms with Crippen LogP contribution in [-0.4, -0.2) is 36.1 Å². The van der Waals surface area contributed by atoms with Crippen molar-refractivity contribution in [1.82, 2.24) is 10.2 Å². The first-order valence-corrected chi connectivity index (χ1v) is 9.13. The van der Waals surface area contributed by atoms with Gasteiger partial charge < -0.3 is 19.2 Å². The molecule has 0 saturated carbocycles. The zero-order chi connectivity index (χ0) is 19.2. The van der Waals surface area contributed by atoms with Gasteiger partial charge in [-0.05, 0) is 37.3 Å². The van der Waals surface area contributed by atoms with Crippen LogP contribution < -0.4 is 14.8 Å². The van der Waals surface area contributed by atoms with Crippen LogP contribution in [0.5, 0.6) is 11.5 Å². The molecule has 1 heterocycles. The molecule has 1 N–H and O–H groups in total. The van der Waals surface area contributed by atoms with Gasteiger partial charge in [0, 0.05) is 5.69 Å². The maximum Gasteiger partial charge on any atom is 0.277 e. The van der Waals surface area contributed by atoms with Crippen LogP contribution in [0.3, 0.4) is 0 Å². The standard InChI is InChI=1S/C19H19N3O4S/c1-12-4-6-13(7-5-12)20-17(23)11-27-19-22-21-18(26-19)15-10-14(24-2)8-9-16(15)25-3/h4-10H,11H2,1-3H3,(H,20,23). The summed E-state index contributed by atoms with van der Waals surface area (Å²) >= 11 is 1.17. The Kier molecular flexibility index (Phi) is 5.97. The Hall–Kier alpha value is -3.00. The molecule has 3 aromatic rings. The van der Waals surface area contributed by atoms with E-state index in [0.717, 1.165) is 11.3 Å². The first kappa shape index (κ1) is 18.8. The lowest BCUT2D eigenvalue weighted by Crippen LogP contribution is -2.13. The van der Waals surface area contributed by atoms with E-state index in [0.29, 0.717) is 28.2 Å². The molecule has 2 aromatic carbocycles. The summed E-state index contributed by atoms with van der Waals surface area (Å²) in [4.78, 5) is 12.1. The van der Waals surface area contributed by atoms with Gasteiger partial charge in [0.2, 0.25) is 5.91 Å². The lowest BCUT2D eigenvalue weighted by atomic mass is 10.2. The number of rotatable bonds is 7. The highest BCUT2D eigenvalue weighted by Crippen LogP contribution is 2.33. The topological polar surface area (TPSA) is 86.5 Å². The number of ether oxygens (including phenoxy) is 2. The average Bonchev–Trinajstić information content (AvgIpc) is 3.16. The molecule has 0 aliphatic heterocycles. The fourth-order valence-electron chi connectivity index (χ4n) is 2.32. The summed E-state index contributed by atoms with van der Waals surface area (Å²) in [5.41, 5.74) is 2.51. The summed E-state index contributed by atoms with van der Waals surface area (Å²) in [5, 5.41) is 11.1. The van der Waals surface area contributed by atoms with Crippen molar-refractivity contribution in [1.29, 1.82) is 0 Å². The molecule has 0 aliphatic rings. The van der Waals surface area contributed by atoms with Gasteiger partial charge in [-0.25, -0.2) is 0 Å². The second-order valence-electron chi connectivity index (χ2n) is 5.64. The number of methoxy groups -OCH3 is 2. The molecule has 0 radical (unpaired) electrons. The minimum Gasteiger partial charge on any atom is -0.497 e. The number of aryl methyl sites for hydroxylation is 1. The van der Waals surface area contributed by atoms with Crippen LogP contribution in [0.2, 0.25) is 0 Å². The summed E-state index contributed by atoms with van der Waals surface area (Å²) < 4.78 is 16.2. The van der Waals surface area contributed by atoms with Gasteiger partial charge >= 0.3 is 0 Å². The third-order valence-electron chi connectivity index (χ3n) is 3.71. The highest BCUT2D eigenvalue weighted by Gasteiger charge is 2.16. The molecule has 0 spiro atoms. The Morgan fingerprint density at radius 2 is 1.89 bits per heavy atom. The molecule has 0 bridgehead atoms. The second kappa shape index (κ2) is 8.59. The predicted octanol–water partition coefficient (Wildman–Crippen LogP) is 3.79. The molecule has 1 aromatic heterocycles. The van der Waals surface area contributed by atoms with E-state index in [1.54, 1.807) is 32.4 Å². The van der Waals surface area contributed by atoms with E-state index in [2.05, 4.69) is 15.5 Å². The van der Waals surface area contributed by atoms with Gasteiger partial charge in [0.15, 0.2) is 0 Å². The Balaban J connectivity index is 1.64. The first-order valence-electron chi connectivity index (χ1n) is 8.14. The molecule has 0 saturated heterocycles. The van der Waals surface area contributed by atoms with E-state index in [-0.39, 0.29) is 11.7 Å². The lowest BCUT2D eigenvalue weighted by Gasteiger charge is -2.07. The van der Waals surface area contributed by atoms with Crippen molar-refractivity contribution in [3.8, 4) is 23.0 Å². The molecule has 0 aliphatic carbocycles. The van der Waals surface area contributed by atoms with Crippen molar-refractivity contribution in [2.24, 2.45) is 0 Å². The quantitative estimate of drug-likeness (QED) is 0.619. The fraction of sp³-hybridized carbons (Fsp3) is 0.211. The maximum absolute atomic E-state index is 12.1. The van der Waals surface area contributed by atoms with Gasteiger partial charge in [0.1, 0.15) is 11.5 Å². The lowest BCUT2D eigenvalue weighted by molar-refractivity contribution is -0.113. The Morgan fingerprint density at radius 3 is 2.59 bits per heavy atom. The van der Waals surface area contributed by atoms with Crippen LogP contribution in [0.1, 0.15) is 5.56 Å². The van der Waals surface area contributed by atoms with Gasteiger partial charge in [-0.1, -0.05) is 29.5 Å². The van der Waals surface area contributed by atoms with Gasteiger partial charge in [-0.15, -0.1) is 10.2 Å². The number of carbonyl (C=O) groups excluding carboxylic acids is 1. The molecular weight excluding hydrogens is 366 g/mol. The number of hydrogen-bond acceptors (Lipinski definition) is 7. The maximum atomic E-state index is 12.1. The van der Waals surface area contributed by atoms with E-state index in [9.17, 15) is 4.79 Å². The number of carbonyl (C=O) groups is 1. The van der Waals surface area contributed by atoms with E-state index in [1.807, 2.05) is 31.2 Å². The molecule has 0 unspecified atom stereocenters. The monoisotopic (exact) mass is 385 g/mol. The third kappa shape index (κ3) is 4.79. The highest BCUT2D eigenvalue weighted by atomic mass is 32.2. The zero-order valence-corrected chi connectivity index (χ0v) is 16.0. The number of thioether (sulfide) groups is 1. The van der Waals surface area contributed by atoms with Crippen molar-refractivity contribution in [2.75, 3.05) is 25.3 Å². The van der Waals surface area contributed by atoms with Crippen LogP contribution in [0.4, 0.5) is 5.69 Å². The minimum atomic E-state index is -0.150. The van der Waals surface area contributed by atoms with Gasteiger partial charge in [0.25, 0.3) is 11.1 Å². The second-order valence-corrected chi connectivity index (χ2v) is 6.57. The molecular formula is C19H19N3O4S. The first-order chi connectivity index (χ1) is 13.1. The number of amides is 1. The fourth-order valence-corrected chi connectivity index (χ4v) is 2.88. The van der Waals surface area contributed by atoms with Crippen molar-refractivity contribution >= 4 is 23.4 Å². The third-order valence-corrected chi connectivity index (χ3v) is 4.52. The predicted molar refractivity (Wildman–Crippen MR) is 103 cm³/mol. The molecule has 1 amide bonds. The summed E-state index contributed by atoms with van der Waals surface area (Å²) in [6, 6.07) is 12.9. The number of aromatic nitrogens is 2. The number of hydrogen-bond donors (Lipinski definition) is 1. The smallest absolute Gasteiger partial charge is 0.277 e. The van der Waals surface area contributed by atoms with Gasteiger partial charge in [0.05, 0.1) is 25.5 Å². The number of nitrogens with one attached hydrogen (secondary N) is 1. The molecule has 27 heavy (non-hydrogen) atoms. The Bertz CT molecular complexity index is 925. The van der Waals surface area contributed by atoms with Gasteiger partial charge in [-0.3, -0.25) is 4.79 Å². The van der Waals surface area contributed by atoms with Crippen LogP contribution in [0, 0.1) is 6.92 Å².